The third-order valence-corrected chi connectivity index (χ3v) is 3.85. The van der Waals surface area contributed by atoms with E-state index in [0.29, 0.717) is 0 Å². The normalized spacial score (nSPS) is 9.83. The van der Waals surface area contributed by atoms with Crippen molar-refractivity contribution in [3.8, 4) is 0 Å². The van der Waals surface area contributed by atoms with Gasteiger partial charge in [-0.3, -0.25) is 24.0 Å². The molecule has 0 heterocycles. The van der Waals surface area contributed by atoms with Gasteiger partial charge in [-0.05, 0) is 58.0 Å². The first-order valence-corrected chi connectivity index (χ1v) is 7.28. The fraction of sp³-hybridized carbons (Fsp3) is 0. The Balaban J connectivity index is 0.00000484. The molecule has 23 heavy (non-hydrogen) atoms. The van der Waals surface area contributed by atoms with Gasteiger partial charge in [-0.15, -0.1) is 12.6 Å². The van der Waals surface area contributed by atoms with Crippen LogP contribution in [0, 0.1) is 0 Å². The Morgan fingerprint density at radius 3 is 0.870 bits per heavy atom. The third kappa shape index (κ3) is 4.71. The number of halogens is 5. The summed E-state index contributed by atoms with van der Waals surface area (Å²) in [5.41, 5.74) is -3.83. The molecule has 0 radical (unpaired) electrons. The van der Waals surface area contributed by atoms with Gasteiger partial charge in [0.05, 0.1) is 27.8 Å². The largest absolute Gasteiger partial charge is 1.00 e. The van der Waals surface area contributed by atoms with Crippen LogP contribution in [0.15, 0.2) is 4.90 Å². The van der Waals surface area contributed by atoms with E-state index in [1.807, 2.05) is 0 Å². The molecule has 0 atom stereocenters. The zero-order chi connectivity index (χ0) is 17.4. The molecule has 5 nitrogen and oxygen atoms in total. The number of rotatable bonds is 5. The smallest absolute Gasteiger partial charge is 0.276 e. The van der Waals surface area contributed by atoms with Crippen LogP contribution in [0.2, 0.25) is 0 Å². The molecule has 0 aliphatic carbocycles. The van der Waals surface area contributed by atoms with E-state index >= 15 is 0 Å². The quantitative estimate of drug-likeness (QED) is 0.413. The summed E-state index contributed by atoms with van der Waals surface area (Å²) in [5, 5.41) is -6.60. The number of carbonyl (C=O) groups is 5. The van der Waals surface area contributed by atoms with E-state index in [4.69, 9.17) is 58.0 Å². The number of thiol groups is 1. The minimum atomic E-state index is -1.38. The van der Waals surface area contributed by atoms with Gasteiger partial charge < -0.3 is 0 Å². The van der Waals surface area contributed by atoms with Crippen LogP contribution in [0.25, 0.3) is 0 Å². The van der Waals surface area contributed by atoms with Crippen molar-refractivity contribution >= 4 is 96.8 Å². The van der Waals surface area contributed by atoms with Gasteiger partial charge in [0.25, 0.3) is 26.2 Å². The number of benzene rings is 1. The fourth-order valence-corrected chi connectivity index (χ4v) is 3.21. The molecule has 0 saturated heterocycles. The summed E-state index contributed by atoms with van der Waals surface area (Å²) in [7, 11) is 0. The Labute approximate surface area is 181 Å². The van der Waals surface area contributed by atoms with Gasteiger partial charge in [-0.1, -0.05) is 0 Å². The van der Waals surface area contributed by atoms with E-state index in [1.165, 1.54) is 0 Å². The molecule has 0 amide bonds. The minimum Gasteiger partial charge on any atom is -0.276 e. The van der Waals surface area contributed by atoms with E-state index in [2.05, 4.69) is 12.6 Å². The van der Waals surface area contributed by atoms with E-state index in [0.717, 1.165) is 0 Å². The van der Waals surface area contributed by atoms with Crippen molar-refractivity contribution in [2.24, 2.45) is 0 Å². The van der Waals surface area contributed by atoms with Gasteiger partial charge in [-0.2, -0.15) is 0 Å². The van der Waals surface area contributed by atoms with Crippen molar-refractivity contribution < 1.29 is 53.5 Å². The molecule has 12 heteroatoms. The monoisotopic (exact) mass is 443 g/mol. The van der Waals surface area contributed by atoms with Crippen LogP contribution in [-0.2, 0) is 0 Å². The number of carbonyl (C=O) groups excluding carboxylic acids is 5. The Morgan fingerprint density at radius 2 is 0.696 bits per heavy atom. The molecule has 0 unspecified atom stereocenters. The molecule has 1 rings (SSSR count). The summed E-state index contributed by atoms with van der Waals surface area (Å²) in [6.45, 7) is 0. The zero-order valence-electron chi connectivity index (χ0n) is 10.9. The Hall–Kier alpha value is 0.370. The van der Waals surface area contributed by atoms with Gasteiger partial charge in [0.15, 0.2) is 0 Å². The first-order chi connectivity index (χ1) is 10.0. The second-order valence-corrected chi connectivity index (χ2v) is 5.76. The van der Waals surface area contributed by atoms with E-state index in [9.17, 15) is 24.0 Å². The van der Waals surface area contributed by atoms with E-state index < -0.39 is 58.9 Å². The average molecular weight is 445 g/mol. The third-order valence-electron chi connectivity index (χ3n) is 2.46. The molecule has 1 aromatic rings. The summed E-state index contributed by atoms with van der Waals surface area (Å²) in [6, 6.07) is 0. The van der Waals surface area contributed by atoms with Crippen molar-refractivity contribution in [1.82, 2.24) is 0 Å². The van der Waals surface area contributed by atoms with E-state index in [-0.39, 0.29) is 29.6 Å². The second-order valence-electron chi connectivity index (χ2n) is 3.59. The fourth-order valence-electron chi connectivity index (χ4n) is 1.71. The summed E-state index contributed by atoms with van der Waals surface area (Å²) in [6.07, 6.45) is 0. The average Bonchev–Trinajstić information content (AvgIpc) is 2.34. The molecule has 1 aromatic carbocycles. The molecule has 0 aliphatic rings. The standard InChI is InChI=1S/C11HCl5O5S.Na/c12-7(17)1-2(8(13)18)4(10(15)20)6(22)5(11(16)21)3(1)9(14)19;/h22H;/q;+1. The summed E-state index contributed by atoms with van der Waals surface area (Å²) < 4.78 is 0. The molecule has 0 aromatic heterocycles. The summed E-state index contributed by atoms with van der Waals surface area (Å²) in [5.74, 6) is 0. The van der Waals surface area contributed by atoms with Crippen molar-refractivity contribution in [2.75, 3.05) is 0 Å². The van der Waals surface area contributed by atoms with Gasteiger partial charge in [0.1, 0.15) is 0 Å². The molecule has 0 N–H and O–H groups in total. The number of hydrogen-bond donors (Lipinski definition) is 1. The predicted molar refractivity (Wildman–Crippen MR) is 84.6 cm³/mol. The van der Waals surface area contributed by atoms with Crippen LogP contribution >= 0.6 is 70.6 Å². The van der Waals surface area contributed by atoms with Crippen molar-refractivity contribution in [3.05, 3.63) is 27.8 Å². The van der Waals surface area contributed by atoms with Crippen LogP contribution in [0.1, 0.15) is 51.8 Å². The summed E-state index contributed by atoms with van der Waals surface area (Å²) in [4.78, 5) is 57.1. The topological polar surface area (TPSA) is 85.3 Å². The van der Waals surface area contributed by atoms with Crippen molar-refractivity contribution in [2.45, 2.75) is 4.90 Å². The van der Waals surface area contributed by atoms with E-state index in [1.54, 1.807) is 0 Å². The maximum atomic E-state index is 11.6. The maximum absolute atomic E-state index is 11.6. The van der Waals surface area contributed by atoms with Gasteiger partial charge in [-0.25, -0.2) is 0 Å². The molecule has 0 spiro atoms. The van der Waals surface area contributed by atoms with Crippen LogP contribution in [0.3, 0.4) is 0 Å². The Bertz CT molecular complexity index is 711. The molecule has 116 valence electrons. The summed E-state index contributed by atoms with van der Waals surface area (Å²) >= 11 is 30.4. The van der Waals surface area contributed by atoms with Gasteiger partial charge in [0, 0.05) is 4.90 Å². The predicted octanol–water partition coefficient (Wildman–Crippen LogP) is 0.874. The van der Waals surface area contributed by atoms with Gasteiger partial charge >= 0.3 is 29.6 Å². The van der Waals surface area contributed by atoms with Crippen LogP contribution in [0.5, 0.6) is 0 Å². The Morgan fingerprint density at radius 1 is 0.522 bits per heavy atom. The molecule has 0 bridgehead atoms. The van der Waals surface area contributed by atoms with Crippen molar-refractivity contribution in [3.63, 3.8) is 0 Å². The molecule has 0 saturated carbocycles. The molecule has 0 fully saturated rings. The van der Waals surface area contributed by atoms with Crippen molar-refractivity contribution in [1.29, 1.82) is 0 Å². The minimum absolute atomic E-state index is 0. The molecule has 0 aliphatic heterocycles. The Kier molecular flexibility index (Phi) is 9.32. The first kappa shape index (κ1) is 23.4. The SMILES string of the molecule is O=C(Cl)c1c(S)c(C(=O)Cl)c(C(=O)Cl)c(C(=O)Cl)c1C(=O)Cl.[Na+]. The van der Waals surface area contributed by atoms with Crippen LogP contribution < -0.4 is 29.6 Å². The molecular formula is C11HCl5NaO5S+. The maximum Gasteiger partial charge on any atom is 1.00 e. The first-order valence-electron chi connectivity index (χ1n) is 4.94. The molecular weight excluding hydrogens is 444 g/mol. The zero-order valence-corrected chi connectivity index (χ0v) is 17.6. The number of hydrogen-bond acceptors (Lipinski definition) is 6. The van der Waals surface area contributed by atoms with Crippen LogP contribution in [-0.4, -0.2) is 26.2 Å². The van der Waals surface area contributed by atoms with Crippen LogP contribution in [0.4, 0.5) is 0 Å². The van der Waals surface area contributed by atoms with Gasteiger partial charge in [0.2, 0.25) is 0 Å². The second kappa shape index (κ2) is 9.17.